The molecule has 0 aromatic carbocycles. The average Bonchev–Trinajstić information content (AvgIpc) is 1.98. The molecule has 1 aromatic rings. The van der Waals surface area contributed by atoms with E-state index < -0.39 is 0 Å². The van der Waals surface area contributed by atoms with Crippen LogP contribution in [0.4, 0.5) is 0 Å². The van der Waals surface area contributed by atoms with Gasteiger partial charge in [0.1, 0.15) is 0 Å². The number of hydrogen-bond donors (Lipinski definition) is 1. The molecule has 12 heavy (non-hydrogen) atoms. The first-order chi connectivity index (χ1) is 5.61. The molecule has 1 aromatic heterocycles. The highest BCUT2D eigenvalue weighted by atomic mass is 79.9. The van der Waals surface area contributed by atoms with Gasteiger partial charge in [0, 0.05) is 18.8 Å². The summed E-state index contributed by atoms with van der Waals surface area (Å²) in [6.07, 6.45) is 1.73. The van der Waals surface area contributed by atoms with E-state index in [2.05, 4.69) is 15.9 Å². The smallest absolute Gasteiger partial charge is 0.264 e. The Labute approximate surface area is 79.3 Å². The van der Waals surface area contributed by atoms with Gasteiger partial charge in [0.15, 0.2) is 0 Å². The Morgan fingerprint density at radius 1 is 1.75 bits per heavy atom. The van der Waals surface area contributed by atoms with E-state index in [9.17, 15) is 4.79 Å². The average molecular weight is 231 g/mol. The number of pyridine rings is 1. The Hall–Kier alpha value is -0.610. The second kappa shape index (κ2) is 3.87. The van der Waals surface area contributed by atoms with Crippen LogP contribution in [0.1, 0.15) is 6.92 Å². The van der Waals surface area contributed by atoms with Crippen LogP contribution in [-0.4, -0.2) is 10.6 Å². The normalized spacial score (nSPS) is 12.9. The van der Waals surface area contributed by atoms with Crippen LogP contribution in [0.5, 0.6) is 0 Å². The maximum absolute atomic E-state index is 11.4. The molecule has 0 saturated carbocycles. The zero-order valence-corrected chi connectivity index (χ0v) is 8.41. The van der Waals surface area contributed by atoms with Gasteiger partial charge in [0.2, 0.25) is 0 Å². The molecule has 1 heterocycles. The van der Waals surface area contributed by atoms with E-state index in [1.165, 1.54) is 0 Å². The Morgan fingerprint density at radius 2 is 2.42 bits per heavy atom. The van der Waals surface area contributed by atoms with Gasteiger partial charge >= 0.3 is 0 Å². The summed E-state index contributed by atoms with van der Waals surface area (Å²) in [5.41, 5.74) is 5.54. The van der Waals surface area contributed by atoms with Crippen molar-refractivity contribution < 1.29 is 0 Å². The lowest BCUT2D eigenvalue weighted by molar-refractivity contribution is 0.572. The number of nitrogens with two attached hydrogens (primary N) is 1. The highest BCUT2D eigenvalue weighted by molar-refractivity contribution is 9.10. The first kappa shape index (κ1) is 9.48. The monoisotopic (exact) mass is 230 g/mol. The fourth-order valence-electron chi connectivity index (χ4n) is 0.962. The molecule has 0 amide bonds. The summed E-state index contributed by atoms with van der Waals surface area (Å²) in [5, 5.41) is 0. The van der Waals surface area contributed by atoms with Gasteiger partial charge in [-0.2, -0.15) is 0 Å². The number of aromatic nitrogens is 1. The molecule has 2 N–H and O–H groups in total. The summed E-state index contributed by atoms with van der Waals surface area (Å²) >= 11 is 3.16. The number of hydrogen-bond acceptors (Lipinski definition) is 2. The standard InChI is InChI=1S/C8H11BrN2O/c1-6(10)5-11-4-2-3-7(9)8(11)12/h2-4,6H,5,10H2,1H3. The van der Waals surface area contributed by atoms with Crippen LogP contribution < -0.4 is 11.3 Å². The Morgan fingerprint density at radius 3 is 3.00 bits per heavy atom. The minimum atomic E-state index is -0.0326. The predicted molar refractivity (Wildman–Crippen MR) is 52.1 cm³/mol. The lowest BCUT2D eigenvalue weighted by atomic mass is 10.3. The minimum Gasteiger partial charge on any atom is -0.326 e. The van der Waals surface area contributed by atoms with Gasteiger partial charge in [-0.1, -0.05) is 0 Å². The molecule has 0 saturated heterocycles. The molecular formula is C8H11BrN2O. The molecule has 1 atom stereocenters. The minimum absolute atomic E-state index is 0.00278. The van der Waals surface area contributed by atoms with Crippen LogP contribution in [0.25, 0.3) is 0 Å². The van der Waals surface area contributed by atoms with Gasteiger partial charge in [-0.3, -0.25) is 4.79 Å². The zero-order valence-electron chi connectivity index (χ0n) is 6.83. The van der Waals surface area contributed by atoms with Gasteiger partial charge in [-0.25, -0.2) is 0 Å². The van der Waals surface area contributed by atoms with Gasteiger partial charge in [0.25, 0.3) is 5.56 Å². The van der Waals surface area contributed by atoms with Crippen LogP contribution in [0.2, 0.25) is 0 Å². The fraction of sp³-hybridized carbons (Fsp3) is 0.375. The number of nitrogens with zero attached hydrogens (tertiary/aromatic N) is 1. The van der Waals surface area contributed by atoms with Crippen LogP contribution >= 0.6 is 15.9 Å². The summed E-state index contributed by atoms with van der Waals surface area (Å²) in [7, 11) is 0. The summed E-state index contributed by atoms with van der Waals surface area (Å²) < 4.78 is 2.17. The van der Waals surface area contributed by atoms with E-state index >= 15 is 0 Å². The molecule has 0 aliphatic rings. The van der Waals surface area contributed by atoms with Crippen LogP contribution in [0, 0.1) is 0 Å². The highest BCUT2D eigenvalue weighted by Gasteiger charge is 2.00. The third-order valence-electron chi connectivity index (χ3n) is 1.46. The van der Waals surface area contributed by atoms with Crippen LogP contribution in [0.15, 0.2) is 27.6 Å². The molecule has 1 rings (SSSR count). The first-order valence-electron chi connectivity index (χ1n) is 3.72. The van der Waals surface area contributed by atoms with Gasteiger partial charge in [0.05, 0.1) is 4.47 Å². The predicted octanol–water partition coefficient (Wildman–Crippen LogP) is 0.958. The summed E-state index contributed by atoms with van der Waals surface area (Å²) in [6.45, 7) is 2.42. The lowest BCUT2D eigenvalue weighted by Gasteiger charge is -2.07. The second-order valence-electron chi connectivity index (χ2n) is 2.79. The molecule has 0 spiro atoms. The topological polar surface area (TPSA) is 48.0 Å². The molecule has 1 unspecified atom stereocenters. The van der Waals surface area contributed by atoms with Gasteiger partial charge in [-0.15, -0.1) is 0 Å². The zero-order chi connectivity index (χ0) is 9.14. The van der Waals surface area contributed by atoms with Crippen molar-refractivity contribution >= 4 is 15.9 Å². The molecule has 0 radical (unpaired) electrons. The van der Waals surface area contributed by atoms with Crippen molar-refractivity contribution in [2.75, 3.05) is 0 Å². The first-order valence-corrected chi connectivity index (χ1v) is 4.51. The number of rotatable bonds is 2. The SMILES string of the molecule is CC(N)Cn1cccc(Br)c1=O. The fourth-order valence-corrected chi connectivity index (χ4v) is 1.34. The molecule has 66 valence electrons. The van der Waals surface area contributed by atoms with E-state index in [1.807, 2.05) is 13.0 Å². The van der Waals surface area contributed by atoms with E-state index in [1.54, 1.807) is 16.8 Å². The molecule has 3 nitrogen and oxygen atoms in total. The third-order valence-corrected chi connectivity index (χ3v) is 2.06. The van der Waals surface area contributed by atoms with Crippen molar-refractivity contribution in [1.82, 2.24) is 4.57 Å². The van der Waals surface area contributed by atoms with Gasteiger partial charge < -0.3 is 10.3 Å². The van der Waals surface area contributed by atoms with Crippen molar-refractivity contribution in [1.29, 1.82) is 0 Å². The Balaban J connectivity index is 3.01. The molecule has 0 bridgehead atoms. The maximum atomic E-state index is 11.4. The van der Waals surface area contributed by atoms with Crippen molar-refractivity contribution in [3.8, 4) is 0 Å². The van der Waals surface area contributed by atoms with E-state index in [0.29, 0.717) is 11.0 Å². The Kier molecular flexibility index (Phi) is 3.05. The van der Waals surface area contributed by atoms with Crippen molar-refractivity contribution in [2.45, 2.75) is 19.5 Å². The summed E-state index contributed by atoms with van der Waals surface area (Å²) in [5.74, 6) is 0. The summed E-state index contributed by atoms with van der Waals surface area (Å²) in [4.78, 5) is 11.4. The molecular weight excluding hydrogens is 220 g/mol. The third kappa shape index (κ3) is 2.19. The molecule has 4 heteroatoms. The van der Waals surface area contributed by atoms with Gasteiger partial charge in [-0.05, 0) is 35.0 Å². The highest BCUT2D eigenvalue weighted by Crippen LogP contribution is 2.00. The van der Waals surface area contributed by atoms with Crippen LogP contribution in [0.3, 0.4) is 0 Å². The summed E-state index contributed by atoms with van der Waals surface area (Å²) in [6, 6.07) is 3.53. The number of halogens is 1. The van der Waals surface area contributed by atoms with E-state index in [4.69, 9.17) is 5.73 Å². The second-order valence-corrected chi connectivity index (χ2v) is 3.65. The van der Waals surface area contributed by atoms with Crippen molar-refractivity contribution in [2.24, 2.45) is 5.73 Å². The Bertz CT molecular complexity index is 319. The van der Waals surface area contributed by atoms with Crippen molar-refractivity contribution in [3.05, 3.63) is 33.2 Å². The maximum Gasteiger partial charge on any atom is 0.264 e. The largest absolute Gasteiger partial charge is 0.326 e. The van der Waals surface area contributed by atoms with E-state index in [0.717, 1.165) is 0 Å². The molecule has 0 fully saturated rings. The quantitative estimate of drug-likeness (QED) is 0.823. The lowest BCUT2D eigenvalue weighted by Crippen LogP contribution is -2.29. The van der Waals surface area contributed by atoms with Crippen LogP contribution in [-0.2, 0) is 6.54 Å². The molecule has 0 aliphatic heterocycles. The molecule has 0 aliphatic carbocycles. The van der Waals surface area contributed by atoms with E-state index in [-0.39, 0.29) is 11.6 Å². The van der Waals surface area contributed by atoms with Crippen molar-refractivity contribution in [3.63, 3.8) is 0 Å².